The van der Waals surface area contributed by atoms with E-state index in [0.717, 1.165) is 45.9 Å². The second kappa shape index (κ2) is 5.55. The third kappa shape index (κ3) is 2.19. The van der Waals surface area contributed by atoms with Crippen LogP contribution < -0.4 is 4.90 Å². The Balaban J connectivity index is 2.06. The Morgan fingerprint density at radius 1 is 1.00 bits per heavy atom. The van der Waals surface area contributed by atoms with Crippen molar-refractivity contribution in [2.45, 2.75) is 20.8 Å². The zero-order chi connectivity index (χ0) is 17.6. The van der Waals surface area contributed by atoms with Gasteiger partial charge in [0.1, 0.15) is 6.29 Å². The highest BCUT2D eigenvalue weighted by atomic mass is 16.1. The zero-order valence-electron chi connectivity index (χ0n) is 14.7. The van der Waals surface area contributed by atoms with Crippen LogP contribution >= 0.6 is 0 Å². The molecule has 2 aliphatic rings. The van der Waals surface area contributed by atoms with Gasteiger partial charge in [0.15, 0.2) is 0 Å². The average Bonchev–Trinajstić information content (AvgIpc) is 2.82. The third-order valence-electron chi connectivity index (χ3n) is 5.08. The minimum atomic E-state index is -0.305. The number of rotatable bonds is 2. The van der Waals surface area contributed by atoms with Gasteiger partial charge in [-0.15, -0.1) is 0 Å². The number of nitrogens with zero attached hydrogens (tertiary/aromatic N) is 2. The maximum atomic E-state index is 11.2. The molecule has 0 spiro atoms. The molecule has 0 aromatic heterocycles. The molecule has 1 heterocycles. The van der Waals surface area contributed by atoms with Gasteiger partial charge in [-0.25, -0.2) is 4.99 Å². The van der Waals surface area contributed by atoms with Crippen LogP contribution in [-0.2, 0) is 4.79 Å². The summed E-state index contributed by atoms with van der Waals surface area (Å²) in [5.74, 6) is 0. The maximum absolute atomic E-state index is 11.2. The molecule has 0 amide bonds. The first-order valence-electron chi connectivity index (χ1n) is 8.46. The highest BCUT2D eigenvalue weighted by Gasteiger charge is 2.45. The summed E-state index contributed by atoms with van der Waals surface area (Å²) in [6, 6.07) is 18.5. The van der Waals surface area contributed by atoms with Gasteiger partial charge in [-0.1, -0.05) is 44.2 Å². The smallest absolute Gasteiger partial charge is 0.143 e. The van der Waals surface area contributed by atoms with Crippen molar-refractivity contribution in [3.63, 3.8) is 0 Å². The molecule has 0 N–H and O–H groups in total. The van der Waals surface area contributed by atoms with Crippen LogP contribution in [-0.4, -0.2) is 12.0 Å². The summed E-state index contributed by atoms with van der Waals surface area (Å²) < 4.78 is 0. The Morgan fingerprint density at radius 3 is 2.40 bits per heavy atom. The summed E-state index contributed by atoms with van der Waals surface area (Å²) in [6.07, 6.45) is 2.55. The first-order chi connectivity index (χ1) is 12.1. The van der Waals surface area contributed by atoms with E-state index < -0.39 is 0 Å². The van der Waals surface area contributed by atoms with Crippen LogP contribution in [0.25, 0.3) is 0 Å². The fourth-order valence-electron chi connectivity index (χ4n) is 3.90. The predicted octanol–water partition coefficient (Wildman–Crippen LogP) is 5.35. The van der Waals surface area contributed by atoms with Gasteiger partial charge in [-0.2, -0.15) is 0 Å². The molecule has 0 radical (unpaired) electrons. The lowest BCUT2D eigenvalue weighted by atomic mass is 9.82. The lowest BCUT2D eigenvalue weighted by molar-refractivity contribution is -0.104. The molecule has 0 saturated heterocycles. The number of para-hydroxylation sites is 3. The highest BCUT2D eigenvalue weighted by Crippen LogP contribution is 2.52. The first kappa shape index (κ1) is 15.6. The van der Waals surface area contributed by atoms with Crippen molar-refractivity contribution in [2.75, 3.05) is 4.90 Å². The highest BCUT2D eigenvalue weighted by molar-refractivity contribution is 6.18. The molecule has 0 saturated carbocycles. The summed E-state index contributed by atoms with van der Waals surface area (Å²) in [5.41, 5.74) is 7.05. The standard InChI is InChI=1S/C22H20N2O/c1-15-17(13-14-25)22(2,3)21-20(15)24(16-9-5-4-6-10-16)19-12-8-7-11-18(19)23-21/h4-14H,1-3H3. The second-order valence-corrected chi connectivity index (χ2v) is 6.94. The van der Waals surface area contributed by atoms with Crippen molar-refractivity contribution in [3.05, 3.63) is 77.5 Å². The lowest BCUT2D eigenvalue weighted by Crippen LogP contribution is -2.31. The summed E-state index contributed by atoms with van der Waals surface area (Å²) in [4.78, 5) is 18.5. The van der Waals surface area contributed by atoms with Crippen LogP contribution in [0, 0.1) is 5.41 Å². The third-order valence-corrected chi connectivity index (χ3v) is 5.08. The minimum Gasteiger partial charge on any atom is -0.306 e. The molecule has 25 heavy (non-hydrogen) atoms. The van der Waals surface area contributed by atoms with Gasteiger partial charge in [0.05, 0.1) is 22.8 Å². The molecule has 0 unspecified atom stereocenters. The van der Waals surface area contributed by atoms with E-state index in [-0.39, 0.29) is 5.41 Å². The number of fused-ring (bicyclic) bond motifs is 2. The maximum Gasteiger partial charge on any atom is 0.143 e. The average molecular weight is 328 g/mol. The van der Waals surface area contributed by atoms with Crippen molar-refractivity contribution < 1.29 is 4.79 Å². The van der Waals surface area contributed by atoms with Gasteiger partial charge in [0, 0.05) is 11.1 Å². The van der Waals surface area contributed by atoms with E-state index in [0.29, 0.717) is 0 Å². The Morgan fingerprint density at radius 2 is 1.68 bits per heavy atom. The summed E-state index contributed by atoms with van der Waals surface area (Å²) >= 11 is 0. The molecule has 2 aromatic carbocycles. The summed E-state index contributed by atoms with van der Waals surface area (Å²) in [7, 11) is 0. The summed E-state index contributed by atoms with van der Waals surface area (Å²) in [6.45, 7) is 6.35. The molecule has 3 nitrogen and oxygen atoms in total. The molecule has 0 atom stereocenters. The van der Waals surface area contributed by atoms with E-state index in [2.05, 4.69) is 43.9 Å². The molecule has 2 aromatic rings. The molecule has 1 aliphatic heterocycles. The van der Waals surface area contributed by atoms with Crippen LogP contribution in [0.5, 0.6) is 0 Å². The second-order valence-electron chi connectivity index (χ2n) is 6.94. The SMILES string of the molecule is CC1=C2C(=Nc3ccccc3N2c2ccccc2)C(C)(C)C1=CC=O. The monoisotopic (exact) mass is 328 g/mol. The quantitative estimate of drug-likeness (QED) is 0.550. The van der Waals surface area contributed by atoms with Crippen molar-refractivity contribution in [1.82, 2.24) is 0 Å². The number of anilines is 2. The van der Waals surface area contributed by atoms with E-state index in [1.165, 1.54) is 0 Å². The Hall–Kier alpha value is -2.94. The first-order valence-corrected chi connectivity index (χ1v) is 8.46. The van der Waals surface area contributed by atoms with Crippen molar-refractivity contribution >= 4 is 29.1 Å². The number of carbonyl (C=O) groups is 1. The molecule has 3 heteroatoms. The largest absolute Gasteiger partial charge is 0.306 e. The van der Waals surface area contributed by atoms with E-state index in [1.807, 2.05) is 36.4 Å². The van der Waals surface area contributed by atoms with E-state index in [4.69, 9.17) is 4.99 Å². The Labute approximate surface area is 148 Å². The summed E-state index contributed by atoms with van der Waals surface area (Å²) in [5, 5.41) is 0. The minimum absolute atomic E-state index is 0.305. The number of aliphatic imine (C=N–C) groups is 1. The molecule has 124 valence electrons. The molecule has 0 fully saturated rings. The van der Waals surface area contributed by atoms with Crippen molar-refractivity contribution in [3.8, 4) is 0 Å². The Kier molecular flexibility index (Phi) is 3.46. The molecular weight excluding hydrogens is 308 g/mol. The van der Waals surface area contributed by atoms with E-state index in [9.17, 15) is 4.79 Å². The molecule has 1 aliphatic carbocycles. The topological polar surface area (TPSA) is 32.7 Å². The number of aldehydes is 1. The van der Waals surface area contributed by atoms with E-state index >= 15 is 0 Å². The van der Waals surface area contributed by atoms with Gasteiger partial charge in [-0.3, -0.25) is 4.79 Å². The molecular formula is C22H20N2O. The molecule has 4 rings (SSSR count). The van der Waals surface area contributed by atoms with Crippen LogP contribution in [0.2, 0.25) is 0 Å². The van der Waals surface area contributed by atoms with Crippen molar-refractivity contribution in [1.29, 1.82) is 0 Å². The molecule has 0 bridgehead atoms. The number of benzene rings is 2. The number of hydrogen-bond acceptors (Lipinski definition) is 3. The van der Waals surface area contributed by atoms with Gasteiger partial charge in [0.25, 0.3) is 0 Å². The van der Waals surface area contributed by atoms with Crippen LogP contribution in [0.1, 0.15) is 20.8 Å². The van der Waals surface area contributed by atoms with Crippen LogP contribution in [0.4, 0.5) is 17.1 Å². The number of hydrogen-bond donors (Lipinski definition) is 0. The number of allylic oxidation sites excluding steroid dienone is 4. The van der Waals surface area contributed by atoms with Gasteiger partial charge in [0.2, 0.25) is 0 Å². The fourth-order valence-corrected chi connectivity index (χ4v) is 3.90. The van der Waals surface area contributed by atoms with Gasteiger partial charge >= 0.3 is 0 Å². The van der Waals surface area contributed by atoms with Gasteiger partial charge in [-0.05, 0) is 48.4 Å². The van der Waals surface area contributed by atoms with E-state index in [1.54, 1.807) is 6.08 Å². The zero-order valence-corrected chi connectivity index (χ0v) is 14.7. The fraction of sp³-hybridized carbons (Fsp3) is 0.182. The normalized spacial score (nSPS) is 19.6. The predicted molar refractivity (Wildman–Crippen MR) is 103 cm³/mol. The number of carbonyl (C=O) groups excluding carboxylic acids is 1. The Bertz CT molecular complexity index is 949. The van der Waals surface area contributed by atoms with Crippen molar-refractivity contribution in [2.24, 2.45) is 10.4 Å². The van der Waals surface area contributed by atoms with Crippen LogP contribution in [0.3, 0.4) is 0 Å². The van der Waals surface area contributed by atoms with Gasteiger partial charge < -0.3 is 4.90 Å². The lowest BCUT2D eigenvalue weighted by Gasteiger charge is -2.34. The van der Waals surface area contributed by atoms with Crippen LogP contribution in [0.15, 0.2) is 82.5 Å².